The molecule has 1 aliphatic carbocycles. The molecular formula is C17H23NO2. The highest BCUT2D eigenvalue weighted by Gasteiger charge is 2.47. The zero-order valence-electron chi connectivity index (χ0n) is 12.2. The highest BCUT2D eigenvalue weighted by atomic mass is 16.5. The van der Waals surface area contributed by atoms with Crippen LogP contribution in [-0.4, -0.2) is 37.1 Å². The lowest BCUT2D eigenvalue weighted by atomic mass is 9.64. The fourth-order valence-corrected chi connectivity index (χ4v) is 3.27. The van der Waals surface area contributed by atoms with Crippen molar-refractivity contribution in [3.63, 3.8) is 0 Å². The van der Waals surface area contributed by atoms with Gasteiger partial charge >= 0.3 is 5.97 Å². The first-order chi connectivity index (χ1) is 9.71. The van der Waals surface area contributed by atoms with E-state index < -0.39 is 0 Å². The second-order valence-electron chi connectivity index (χ2n) is 6.21. The Kier molecular flexibility index (Phi) is 3.79. The Morgan fingerprint density at radius 3 is 2.40 bits per heavy atom. The minimum atomic E-state index is -0.357. The van der Waals surface area contributed by atoms with E-state index in [0.29, 0.717) is 0 Å². The highest BCUT2D eigenvalue weighted by Crippen LogP contribution is 2.45. The van der Waals surface area contributed by atoms with E-state index >= 15 is 0 Å². The number of piperidine rings is 1. The summed E-state index contributed by atoms with van der Waals surface area (Å²) >= 11 is 0. The molecule has 3 rings (SSSR count). The van der Waals surface area contributed by atoms with Crippen LogP contribution < -0.4 is 0 Å². The van der Waals surface area contributed by atoms with Gasteiger partial charge in [0.2, 0.25) is 0 Å². The van der Waals surface area contributed by atoms with E-state index in [1.807, 2.05) is 18.2 Å². The summed E-state index contributed by atoms with van der Waals surface area (Å²) in [4.78, 5) is 15.0. The van der Waals surface area contributed by atoms with E-state index in [1.165, 1.54) is 0 Å². The van der Waals surface area contributed by atoms with Crippen molar-refractivity contribution in [1.29, 1.82) is 0 Å². The third-order valence-electron chi connectivity index (χ3n) is 4.86. The van der Waals surface area contributed by atoms with E-state index in [9.17, 15) is 4.79 Å². The molecule has 0 spiro atoms. The Morgan fingerprint density at radius 1 is 1.20 bits per heavy atom. The second kappa shape index (κ2) is 5.57. The smallest absolute Gasteiger partial charge is 0.316 e. The number of likely N-dealkylation sites (tertiary alicyclic amines) is 1. The third-order valence-corrected chi connectivity index (χ3v) is 4.86. The molecule has 0 unspecified atom stereocenters. The molecule has 1 aromatic carbocycles. The van der Waals surface area contributed by atoms with Gasteiger partial charge in [-0.05, 0) is 38.3 Å². The predicted octanol–water partition coefficient (Wildman–Crippen LogP) is 2.75. The van der Waals surface area contributed by atoms with Gasteiger partial charge in [0.1, 0.15) is 6.10 Å². The van der Waals surface area contributed by atoms with Crippen LogP contribution in [0.2, 0.25) is 0 Å². The zero-order chi connectivity index (χ0) is 14.0. The van der Waals surface area contributed by atoms with Crippen LogP contribution in [0.5, 0.6) is 0 Å². The Balaban J connectivity index is 1.69. The van der Waals surface area contributed by atoms with Crippen molar-refractivity contribution in [2.24, 2.45) is 0 Å². The molecule has 2 aliphatic rings. The van der Waals surface area contributed by atoms with Crippen LogP contribution >= 0.6 is 0 Å². The molecule has 20 heavy (non-hydrogen) atoms. The van der Waals surface area contributed by atoms with Gasteiger partial charge in [0.15, 0.2) is 0 Å². The molecule has 108 valence electrons. The maximum absolute atomic E-state index is 12.7. The molecule has 0 aromatic heterocycles. The topological polar surface area (TPSA) is 29.5 Å². The molecule has 0 N–H and O–H groups in total. The minimum Gasteiger partial charge on any atom is -0.462 e. The number of benzene rings is 1. The molecule has 1 heterocycles. The first-order valence-electron chi connectivity index (χ1n) is 7.66. The van der Waals surface area contributed by atoms with E-state index in [0.717, 1.165) is 50.8 Å². The number of hydrogen-bond donors (Lipinski definition) is 0. The van der Waals surface area contributed by atoms with Crippen molar-refractivity contribution >= 4 is 5.97 Å². The van der Waals surface area contributed by atoms with Gasteiger partial charge in [-0.1, -0.05) is 36.8 Å². The van der Waals surface area contributed by atoms with Crippen molar-refractivity contribution in [2.45, 2.75) is 43.6 Å². The number of ether oxygens (including phenoxy) is 1. The summed E-state index contributed by atoms with van der Waals surface area (Å²) in [5, 5.41) is 0. The third kappa shape index (κ3) is 2.47. The van der Waals surface area contributed by atoms with E-state index in [4.69, 9.17) is 4.74 Å². The quantitative estimate of drug-likeness (QED) is 0.793. The van der Waals surface area contributed by atoms with Gasteiger partial charge in [-0.2, -0.15) is 0 Å². The van der Waals surface area contributed by atoms with Crippen molar-refractivity contribution in [3.8, 4) is 0 Å². The van der Waals surface area contributed by atoms with Gasteiger partial charge < -0.3 is 9.64 Å². The van der Waals surface area contributed by atoms with Crippen LogP contribution in [0.1, 0.15) is 37.7 Å². The number of nitrogens with zero attached hydrogens (tertiary/aromatic N) is 1. The summed E-state index contributed by atoms with van der Waals surface area (Å²) in [5.41, 5.74) is 0.772. The Morgan fingerprint density at radius 2 is 1.85 bits per heavy atom. The van der Waals surface area contributed by atoms with Crippen LogP contribution in [-0.2, 0) is 14.9 Å². The fraction of sp³-hybridized carbons (Fsp3) is 0.588. The second-order valence-corrected chi connectivity index (χ2v) is 6.21. The maximum atomic E-state index is 12.7. The molecular weight excluding hydrogens is 250 g/mol. The normalized spacial score (nSPS) is 23.1. The monoisotopic (exact) mass is 273 g/mol. The predicted molar refractivity (Wildman–Crippen MR) is 78.6 cm³/mol. The average Bonchev–Trinajstić information content (AvgIpc) is 2.41. The van der Waals surface area contributed by atoms with E-state index in [1.54, 1.807) is 0 Å². The SMILES string of the molecule is CN1CCC(OC(=O)C2(c3ccccc3)CCC2)CC1. The Labute approximate surface area is 120 Å². The summed E-state index contributed by atoms with van der Waals surface area (Å²) in [6, 6.07) is 10.2. The number of esters is 1. The molecule has 0 radical (unpaired) electrons. The zero-order valence-corrected chi connectivity index (χ0v) is 12.2. The van der Waals surface area contributed by atoms with Crippen molar-refractivity contribution in [2.75, 3.05) is 20.1 Å². The van der Waals surface area contributed by atoms with E-state index in [2.05, 4.69) is 24.1 Å². The fourth-order valence-electron chi connectivity index (χ4n) is 3.27. The molecule has 0 atom stereocenters. The number of carbonyl (C=O) groups is 1. The van der Waals surface area contributed by atoms with Crippen LogP contribution in [0.4, 0.5) is 0 Å². The van der Waals surface area contributed by atoms with Crippen molar-refractivity contribution in [3.05, 3.63) is 35.9 Å². The lowest BCUT2D eigenvalue weighted by molar-refractivity contribution is -0.162. The molecule has 1 saturated carbocycles. The summed E-state index contributed by atoms with van der Waals surface area (Å²) in [5.74, 6) is 0.00417. The van der Waals surface area contributed by atoms with Gasteiger partial charge in [0.05, 0.1) is 5.41 Å². The van der Waals surface area contributed by atoms with Crippen LogP contribution in [0, 0.1) is 0 Å². The Hall–Kier alpha value is -1.35. The van der Waals surface area contributed by atoms with Gasteiger partial charge in [0.25, 0.3) is 0 Å². The van der Waals surface area contributed by atoms with Crippen LogP contribution in [0.25, 0.3) is 0 Å². The maximum Gasteiger partial charge on any atom is 0.316 e. The van der Waals surface area contributed by atoms with Gasteiger partial charge in [-0.15, -0.1) is 0 Å². The lowest BCUT2D eigenvalue weighted by Crippen LogP contribution is -2.46. The standard InChI is InChI=1S/C17H23NO2/c1-18-12-8-15(9-13-18)20-16(19)17(10-5-11-17)14-6-3-2-4-7-14/h2-4,6-7,15H,5,8-13H2,1H3. The summed E-state index contributed by atoms with van der Waals surface area (Å²) in [6.45, 7) is 2.05. The average molecular weight is 273 g/mol. The van der Waals surface area contributed by atoms with Crippen molar-refractivity contribution < 1.29 is 9.53 Å². The molecule has 2 fully saturated rings. The Bertz CT molecular complexity index is 459. The van der Waals surface area contributed by atoms with E-state index in [-0.39, 0.29) is 17.5 Å². The molecule has 3 heteroatoms. The first kappa shape index (κ1) is 13.6. The van der Waals surface area contributed by atoms with Crippen molar-refractivity contribution in [1.82, 2.24) is 4.90 Å². The largest absolute Gasteiger partial charge is 0.462 e. The molecule has 3 nitrogen and oxygen atoms in total. The number of carbonyl (C=O) groups excluding carboxylic acids is 1. The molecule has 1 aliphatic heterocycles. The summed E-state index contributed by atoms with van der Waals surface area (Å²) < 4.78 is 5.84. The number of rotatable bonds is 3. The number of hydrogen-bond acceptors (Lipinski definition) is 3. The molecule has 0 amide bonds. The minimum absolute atomic E-state index is 0.00417. The lowest BCUT2D eigenvalue weighted by Gasteiger charge is -2.41. The molecule has 1 aromatic rings. The van der Waals surface area contributed by atoms with Crippen LogP contribution in [0.15, 0.2) is 30.3 Å². The summed E-state index contributed by atoms with van der Waals surface area (Å²) in [6.07, 6.45) is 5.03. The van der Waals surface area contributed by atoms with Gasteiger partial charge in [-0.3, -0.25) is 4.79 Å². The van der Waals surface area contributed by atoms with Crippen LogP contribution in [0.3, 0.4) is 0 Å². The molecule has 0 bridgehead atoms. The van der Waals surface area contributed by atoms with Gasteiger partial charge in [0, 0.05) is 13.1 Å². The molecule has 1 saturated heterocycles. The first-order valence-corrected chi connectivity index (χ1v) is 7.66. The van der Waals surface area contributed by atoms with Gasteiger partial charge in [-0.25, -0.2) is 0 Å². The highest BCUT2D eigenvalue weighted by molar-refractivity contribution is 5.84. The summed E-state index contributed by atoms with van der Waals surface area (Å²) in [7, 11) is 2.12.